The van der Waals surface area contributed by atoms with E-state index in [1.165, 1.54) is 36.1 Å². The summed E-state index contributed by atoms with van der Waals surface area (Å²) in [4.78, 5) is 42.7. The van der Waals surface area contributed by atoms with E-state index < -0.39 is 35.6 Å². The number of alkyl halides is 1. The van der Waals surface area contributed by atoms with Gasteiger partial charge in [-0.25, -0.2) is 13.8 Å². The monoisotopic (exact) mass is 490 g/mol. The van der Waals surface area contributed by atoms with E-state index in [4.69, 9.17) is 16.0 Å². The van der Waals surface area contributed by atoms with Crippen molar-refractivity contribution in [1.29, 1.82) is 0 Å². The molecule has 2 amide bonds. The van der Waals surface area contributed by atoms with E-state index in [9.17, 15) is 23.2 Å². The molecule has 10 nitrogen and oxygen atoms in total. The van der Waals surface area contributed by atoms with Crippen LogP contribution in [-0.2, 0) is 4.79 Å². The van der Waals surface area contributed by atoms with Gasteiger partial charge in [-0.2, -0.15) is 0 Å². The first-order valence-electron chi connectivity index (χ1n) is 10.2. The van der Waals surface area contributed by atoms with Gasteiger partial charge in [-0.3, -0.25) is 14.4 Å². The van der Waals surface area contributed by atoms with E-state index >= 15 is 0 Å². The molecule has 4 rings (SSSR count). The summed E-state index contributed by atoms with van der Waals surface area (Å²) in [5.41, 5.74) is 11.7. The summed E-state index contributed by atoms with van der Waals surface area (Å²) in [5.74, 6) is -2.80. The summed E-state index contributed by atoms with van der Waals surface area (Å²) in [6, 6.07) is 5.25. The van der Waals surface area contributed by atoms with Crippen LogP contribution < -0.4 is 21.7 Å². The molecule has 0 aliphatic heterocycles. The molecule has 0 spiro atoms. The fourth-order valence-electron chi connectivity index (χ4n) is 3.34. The van der Waals surface area contributed by atoms with Crippen molar-refractivity contribution in [2.75, 3.05) is 10.6 Å². The highest BCUT2D eigenvalue weighted by Gasteiger charge is 2.32. The molecule has 34 heavy (non-hydrogen) atoms. The standard InChI is InChI=1S/C21H20F2N6O4S/c1-9(19(25)31)29(13-4-2-10(22)3-5-13)21-27-18(24)17(34-21)16(30)15-8-14(28-33-15)20(32)26-12-6-11(23)7-12/h2-5,8-9,11-12H,6-7,24H2,1H3,(H2,25,31)(H,26,32). The molecule has 178 valence electrons. The van der Waals surface area contributed by atoms with E-state index in [-0.39, 0.29) is 46.2 Å². The smallest absolute Gasteiger partial charge is 0.273 e. The lowest BCUT2D eigenvalue weighted by Gasteiger charge is -2.29. The summed E-state index contributed by atoms with van der Waals surface area (Å²) in [7, 11) is 0. The minimum atomic E-state index is -0.935. The minimum absolute atomic E-state index is 0.0128. The van der Waals surface area contributed by atoms with Crippen LogP contribution in [0.4, 0.5) is 25.4 Å². The lowest BCUT2D eigenvalue weighted by Crippen LogP contribution is -2.45. The number of nitrogens with one attached hydrogen (secondary N) is 1. The number of nitrogens with two attached hydrogens (primary N) is 2. The van der Waals surface area contributed by atoms with Crippen LogP contribution in [0.1, 0.15) is 45.7 Å². The molecular formula is C21H20F2N6O4S. The van der Waals surface area contributed by atoms with Crippen molar-refractivity contribution in [1.82, 2.24) is 15.5 Å². The van der Waals surface area contributed by atoms with Crippen LogP contribution >= 0.6 is 11.3 Å². The highest BCUT2D eigenvalue weighted by Crippen LogP contribution is 2.36. The average molecular weight is 490 g/mol. The third-order valence-electron chi connectivity index (χ3n) is 5.34. The second-order valence-corrected chi connectivity index (χ2v) is 8.76. The topological polar surface area (TPSA) is 157 Å². The van der Waals surface area contributed by atoms with Gasteiger partial charge in [0.15, 0.2) is 10.8 Å². The molecule has 3 aromatic rings. The maximum Gasteiger partial charge on any atom is 0.273 e. The van der Waals surface area contributed by atoms with Gasteiger partial charge in [0.05, 0.1) is 0 Å². The van der Waals surface area contributed by atoms with E-state index in [0.29, 0.717) is 5.69 Å². The highest BCUT2D eigenvalue weighted by molar-refractivity contribution is 7.18. The van der Waals surface area contributed by atoms with Crippen molar-refractivity contribution in [2.24, 2.45) is 5.73 Å². The number of primary amides is 1. The third-order valence-corrected chi connectivity index (χ3v) is 6.41. The second-order valence-electron chi connectivity index (χ2n) is 7.78. The van der Waals surface area contributed by atoms with Gasteiger partial charge < -0.3 is 26.2 Å². The molecular weight excluding hydrogens is 470 g/mol. The van der Waals surface area contributed by atoms with E-state index in [1.807, 2.05) is 0 Å². The molecule has 1 aliphatic rings. The number of ketones is 1. The Hall–Kier alpha value is -3.87. The summed E-state index contributed by atoms with van der Waals surface area (Å²) in [5, 5.41) is 6.38. The zero-order valence-corrected chi connectivity index (χ0v) is 18.6. The van der Waals surface area contributed by atoms with Crippen LogP contribution in [0.3, 0.4) is 0 Å². The van der Waals surface area contributed by atoms with Crippen molar-refractivity contribution in [3.63, 3.8) is 0 Å². The number of aromatic nitrogens is 2. The van der Waals surface area contributed by atoms with Gasteiger partial charge in [-0.1, -0.05) is 16.5 Å². The Morgan fingerprint density at radius 1 is 1.26 bits per heavy atom. The first-order chi connectivity index (χ1) is 16.1. The van der Waals surface area contributed by atoms with Crippen LogP contribution in [0.15, 0.2) is 34.9 Å². The molecule has 0 saturated heterocycles. The zero-order chi connectivity index (χ0) is 24.6. The molecule has 2 aromatic heterocycles. The first-order valence-corrected chi connectivity index (χ1v) is 11.0. The Balaban J connectivity index is 1.58. The number of carbonyl (C=O) groups excluding carboxylic acids is 3. The number of hydrogen-bond acceptors (Lipinski definition) is 9. The normalized spacial score (nSPS) is 18.1. The Morgan fingerprint density at radius 2 is 1.94 bits per heavy atom. The predicted octanol–water partition coefficient (Wildman–Crippen LogP) is 2.33. The Morgan fingerprint density at radius 3 is 2.56 bits per heavy atom. The van der Waals surface area contributed by atoms with Gasteiger partial charge in [0, 0.05) is 17.8 Å². The zero-order valence-electron chi connectivity index (χ0n) is 17.8. The number of rotatable bonds is 8. The first kappa shape index (κ1) is 23.3. The third kappa shape index (κ3) is 4.59. The van der Waals surface area contributed by atoms with E-state index in [0.717, 1.165) is 17.4 Å². The molecule has 2 heterocycles. The molecule has 1 saturated carbocycles. The minimum Gasteiger partial charge on any atom is -0.382 e. The molecule has 1 unspecified atom stereocenters. The number of thiazole rings is 1. The molecule has 1 atom stereocenters. The predicted molar refractivity (Wildman–Crippen MR) is 119 cm³/mol. The molecule has 1 fully saturated rings. The van der Waals surface area contributed by atoms with Crippen molar-refractivity contribution >= 4 is 45.6 Å². The van der Waals surface area contributed by atoms with Gasteiger partial charge in [-0.05, 0) is 44.0 Å². The van der Waals surface area contributed by atoms with Crippen LogP contribution in [0, 0.1) is 5.82 Å². The average Bonchev–Trinajstić information content (AvgIpc) is 3.41. The second kappa shape index (κ2) is 9.17. The number of halogens is 2. The van der Waals surface area contributed by atoms with Crippen molar-refractivity contribution in [3.8, 4) is 0 Å². The molecule has 5 N–H and O–H groups in total. The van der Waals surface area contributed by atoms with Gasteiger partial charge >= 0.3 is 0 Å². The number of anilines is 3. The van der Waals surface area contributed by atoms with Crippen LogP contribution in [-0.4, -0.2) is 46.0 Å². The summed E-state index contributed by atoms with van der Waals surface area (Å²) >= 11 is 0.865. The molecule has 13 heteroatoms. The molecule has 0 bridgehead atoms. The van der Waals surface area contributed by atoms with Gasteiger partial charge in [-0.15, -0.1) is 0 Å². The van der Waals surface area contributed by atoms with Crippen molar-refractivity contribution in [3.05, 3.63) is 52.5 Å². The number of amides is 2. The van der Waals surface area contributed by atoms with Gasteiger partial charge in [0.2, 0.25) is 17.5 Å². The Kier molecular flexibility index (Phi) is 6.28. The van der Waals surface area contributed by atoms with E-state index in [2.05, 4.69) is 15.5 Å². The van der Waals surface area contributed by atoms with Crippen molar-refractivity contribution < 1.29 is 27.7 Å². The largest absolute Gasteiger partial charge is 0.382 e. The molecule has 1 aliphatic carbocycles. The summed E-state index contributed by atoms with van der Waals surface area (Å²) in [6.07, 6.45) is -0.483. The summed E-state index contributed by atoms with van der Waals surface area (Å²) in [6.45, 7) is 1.53. The SMILES string of the molecule is CC(C(N)=O)N(c1ccc(F)cc1)c1nc(N)c(C(=O)c2cc(C(=O)NC3CC(F)C3)no2)s1. The van der Waals surface area contributed by atoms with Crippen molar-refractivity contribution in [2.45, 2.75) is 38.0 Å². The number of nitrogen functional groups attached to an aromatic ring is 1. The fourth-order valence-corrected chi connectivity index (χ4v) is 4.37. The number of hydrogen-bond donors (Lipinski definition) is 3. The van der Waals surface area contributed by atoms with Crippen LogP contribution in [0.5, 0.6) is 0 Å². The van der Waals surface area contributed by atoms with E-state index in [1.54, 1.807) is 0 Å². The Labute approximate surface area is 195 Å². The quantitative estimate of drug-likeness (QED) is 0.406. The van der Waals surface area contributed by atoms with Crippen LogP contribution in [0.2, 0.25) is 0 Å². The summed E-state index contributed by atoms with van der Waals surface area (Å²) < 4.78 is 31.4. The molecule has 0 radical (unpaired) electrons. The van der Waals surface area contributed by atoms with Gasteiger partial charge in [0.1, 0.15) is 28.7 Å². The van der Waals surface area contributed by atoms with Crippen LogP contribution in [0.25, 0.3) is 0 Å². The maximum atomic E-state index is 13.4. The molecule has 1 aromatic carbocycles. The maximum absolute atomic E-state index is 13.4. The number of nitrogens with zero attached hydrogens (tertiary/aromatic N) is 3. The highest BCUT2D eigenvalue weighted by atomic mass is 32.1. The lowest BCUT2D eigenvalue weighted by molar-refractivity contribution is -0.118. The number of benzene rings is 1. The Bertz CT molecular complexity index is 1240. The number of carbonyl (C=O) groups is 3. The fraction of sp³-hybridized carbons (Fsp3) is 0.286. The van der Waals surface area contributed by atoms with Gasteiger partial charge in [0.25, 0.3) is 5.91 Å². The lowest BCUT2D eigenvalue weighted by atomic mass is 9.91.